The van der Waals surface area contributed by atoms with Crippen molar-refractivity contribution in [1.29, 1.82) is 0 Å². The summed E-state index contributed by atoms with van der Waals surface area (Å²) in [6.45, 7) is 0. The van der Waals surface area contributed by atoms with Gasteiger partial charge in [-0.25, -0.2) is 4.79 Å². The summed E-state index contributed by atoms with van der Waals surface area (Å²) < 4.78 is 20.9. The second-order valence-electron chi connectivity index (χ2n) is 7.71. The van der Waals surface area contributed by atoms with Crippen LogP contribution in [0.3, 0.4) is 0 Å². The van der Waals surface area contributed by atoms with Crippen LogP contribution in [0.4, 0.5) is 0 Å². The van der Waals surface area contributed by atoms with Gasteiger partial charge in [0.25, 0.3) is 0 Å². The highest BCUT2D eigenvalue weighted by Gasteiger charge is 2.41. The molecule has 1 atom stereocenters. The molecule has 1 unspecified atom stereocenters. The summed E-state index contributed by atoms with van der Waals surface area (Å²) in [4.78, 5) is 13.2. The Morgan fingerprint density at radius 1 is 0.667 bits per heavy atom. The average molecular weight is 451 g/mol. The molecule has 0 aliphatic carbocycles. The Hall–Kier alpha value is -3.88. The maximum atomic E-state index is 15.2. The molecule has 1 fully saturated rings. The van der Waals surface area contributed by atoms with Crippen molar-refractivity contribution in [3.63, 3.8) is 0 Å². The molecule has 0 radical (unpaired) electrons. The minimum Gasteiger partial charge on any atom is -0.433 e. The van der Waals surface area contributed by atoms with E-state index >= 15 is 4.57 Å². The first-order chi connectivity index (χ1) is 16.2. The standard InChI is InChI=1S/C28H22NO3P/c30-28-25(29-27(32-28)22-15-7-2-8-16-22)26(21-13-5-1-6-14-21)33(31,23-17-9-3-10-18-23)24-19-11-4-12-20-24/h1-20,27,29H/b26-25-. The molecule has 1 N–H and O–H groups in total. The molecular weight excluding hydrogens is 429 g/mol. The van der Waals surface area contributed by atoms with Gasteiger partial charge in [-0.3, -0.25) is 0 Å². The van der Waals surface area contributed by atoms with Crippen LogP contribution in [0.2, 0.25) is 0 Å². The number of benzene rings is 4. The Bertz CT molecular complexity index is 1290. The first-order valence-electron chi connectivity index (χ1n) is 10.7. The average Bonchev–Trinajstić information content (AvgIpc) is 3.27. The molecule has 0 aromatic heterocycles. The van der Waals surface area contributed by atoms with Gasteiger partial charge in [-0.05, 0) is 5.56 Å². The monoisotopic (exact) mass is 451 g/mol. The van der Waals surface area contributed by atoms with Gasteiger partial charge in [0.15, 0.2) is 13.4 Å². The summed E-state index contributed by atoms with van der Waals surface area (Å²) in [5, 5.41) is 4.99. The molecule has 1 aliphatic rings. The van der Waals surface area contributed by atoms with Crippen LogP contribution in [0, 0.1) is 0 Å². The van der Waals surface area contributed by atoms with Crippen LogP contribution in [0.5, 0.6) is 0 Å². The maximum absolute atomic E-state index is 15.2. The minimum atomic E-state index is -3.44. The lowest BCUT2D eigenvalue weighted by atomic mass is 10.2. The summed E-state index contributed by atoms with van der Waals surface area (Å²) in [6.07, 6.45) is -0.646. The highest BCUT2D eigenvalue weighted by Crippen LogP contribution is 2.58. The molecule has 1 aliphatic heterocycles. The first-order valence-corrected chi connectivity index (χ1v) is 12.4. The predicted octanol–water partition coefficient (Wildman–Crippen LogP) is 5.21. The van der Waals surface area contributed by atoms with Crippen molar-refractivity contribution in [1.82, 2.24) is 5.32 Å². The van der Waals surface area contributed by atoms with Gasteiger partial charge in [0, 0.05) is 16.2 Å². The fraction of sp³-hybridized carbons (Fsp3) is 0.0357. The molecule has 1 saturated heterocycles. The molecule has 4 aromatic rings. The molecule has 0 bridgehead atoms. The molecule has 0 spiro atoms. The van der Waals surface area contributed by atoms with Crippen LogP contribution in [-0.4, -0.2) is 5.97 Å². The van der Waals surface area contributed by atoms with Crippen LogP contribution in [0.15, 0.2) is 127 Å². The van der Waals surface area contributed by atoms with Crippen molar-refractivity contribution in [3.8, 4) is 0 Å². The number of hydrogen-bond donors (Lipinski definition) is 1. The molecule has 0 amide bonds. The molecule has 5 rings (SSSR count). The molecule has 5 heteroatoms. The topological polar surface area (TPSA) is 55.4 Å². The second-order valence-corrected chi connectivity index (χ2v) is 10.4. The fourth-order valence-corrected chi connectivity index (χ4v) is 7.07. The molecular formula is C28H22NO3P. The van der Waals surface area contributed by atoms with E-state index < -0.39 is 19.3 Å². The van der Waals surface area contributed by atoms with Crippen molar-refractivity contribution in [3.05, 3.63) is 138 Å². The molecule has 4 aromatic carbocycles. The van der Waals surface area contributed by atoms with E-state index in [1.54, 1.807) is 0 Å². The zero-order valence-corrected chi connectivity index (χ0v) is 18.7. The SMILES string of the molecule is O=C1OC(c2ccccc2)N/C1=C(/c1ccccc1)P(=O)(c1ccccc1)c1ccccc1. The van der Waals surface area contributed by atoms with Crippen LogP contribution in [0.25, 0.3) is 5.31 Å². The van der Waals surface area contributed by atoms with Crippen LogP contribution in [0.1, 0.15) is 17.4 Å². The lowest BCUT2D eigenvalue weighted by molar-refractivity contribution is -0.139. The third kappa shape index (κ3) is 3.90. The normalized spacial score (nSPS) is 17.2. The van der Waals surface area contributed by atoms with Gasteiger partial charge < -0.3 is 14.6 Å². The number of hydrogen-bond acceptors (Lipinski definition) is 4. The van der Waals surface area contributed by atoms with E-state index in [9.17, 15) is 4.79 Å². The summed E-state index contributed by atoms with van der Waals surface area (Å²) in [5.41, 5.74) is 1.76. The van der Waals surface area contributed by atoms with Crippen molar-refractivity contribution in [2.24, 2.45) is 0 Å². The molecule has 0 saturated carbocycles. The third-order valence-corrected chi connectivity index (χ3v) is 8.81. The maximum Gasteiger partial charge on any atom is 0.357 e. The van der Waals surface area contributed by atoms with E-state index in [1.807, 2.05) is 121 Å². The third-order valence-electron chi connectivity index (χ3n) is 5.65. The van der Waals surface area contributed by atoms with Crippen molar-refractivity contribution in [2.75, 3.05) is 0 Å². The summed E-state index contributed by atoms with van der Waals surface area (Å²) in [5.74, 6) is -0.519. The van der Waals surface area contributed by atoms with Gasteiger partial charge in [0.05, 0.1) is 5.31 Å². The second kappa shape index (κ2) is 8.93. The number of cyclic esters (lactones) is 1. The van der Waals surface area contributed by atoms with Gasteiger partial charge in [0.1, 0.15) is 5.70 Å². The van der Waals surface area contributed by atoms with Crippen molar-refractivity contribution in [2.45, 2.75) is 6.23 Å². The lowest BCUT2D eigenvalue weighted by Crippen LogP contribution is -2.21. The first kappa shape index (κ1) is 21.0. The van der Waals surface area contributed by atoms with E-state index in [0.717, 1.165) is 5.56 Å². The number of esters is 1. The van der Waals surface area contributed by atoms with Crippen molar-refractivity contribution < 1.29 is 14.1 Å². The fourth-order valence-electron chi connectivity index (χ4n) is 4.09. The predicted molar refractivity (Wildman–Crippen MR) is 132 cm³/mol. The molecule has 33 heavy (non-hydrogen) atoms. The number of rotatable bonds is 5. The van der Waals surface area contributed by atoms with Crippen LogP contribution >= 0.6 is 7.14 Å². The molecule has 1 heterocycles. The number of carbonyl (C=O) groups excluding carboxylic acids is 1. The lowest BCUT2D eigenvalue weighted by Gasteiger charge is -2.24. The minimum absolute atomic E-state index is 0.228. The van der Waals surface area contributed by atoms with Gasteiger partial charge in [-0.1, -0.05) is 121 Å². The van der Waals surface area contributed by atoms with Gasteiger partial charge in [-0.2, -0.15) is 0 Å². The molecule has 4 nitrogen and oxygen atoms in total. The highest BCUT2D eigenvalue weighted by molar-refractivity contribution is 7.87. The van der Waals surface area contributed by atoms with Gasteiger partial charge >= 0.3 is 5.97 Å². The Kier molecular flexibility index (Phi) is 5.68. The Labute approximate surface area is 192 Å². The summed E-state index contributed by atoms with van der Waals surface area (Å²) >= 11 is 0. The van der Waals surface area contributed by atoms with E-state index in [0.29, 0.717) is 21.5 Å². The number of carbonyl (C=O) groups is 1. The highest BCUT2D eigenvalue weighted by atomic mass is 31.2. The Morgan fingerprint density at radius 3 is 1.64 bits per heavy atom. The van der Waals surface area contributed by atoms with Gasteiger partial charge in [0.2, 0.25) is 0 Å². The van der Waals surface area contributed by atoms with E-state index in [-0.39, 0.29) is 5.70 Å². The summed E-state index contributed by atoms with van der Waals surface area (Å²) in [7, 11) is -3.44. The zero-order chi connectivity index (χ0) is 22.7. The Balaban J connectivity index is 1.78. The number of nitrogens with one attached hydrogen (secondary N) is 1. The quantitative estimate of drug-likeness (QED) is 0.257. The van der Waals surface area contributed by atoms with E-state index in [4.69, 9.17) is 4.74 Å². The number of ether oxygens (including phenoxy) is 1. The van der Waals surface area contributed by atoms with Crippen LogP contribution < -0.4 is 15.9 Å². The smallest absolute Gasteiger partial charge is 0.357 e. The molecule has 162 valence electrons. The Morgan fingerprint density at radius 2 is 1.12 bits per heavy atom. The van der Waals surface area contributed by atoms with E-state index in [2.05, 4.69) is 5.32 Å². The van der Waals surface area contributed by atoms with E-state index in [1.165, 1.54) is 0 Å². The van der Waals surface area contributed by atoms with Crippen LogP contribution in [-0.2, 0) is 14.1 Å². The van der Waals surface area contributed by atoms with Gasteiger partial charge in [-0.15, -0.1) is 0 Å². The summed E-state index contributed by atoms with van der Waals surface area (Å²) in [6, 6.07) is 37.6. The zero-order valence-electron chi connectivity index (χ0n) is 17.8. The van der Waals surface area contributed by atoms with Crippen molar-refractivity contribution >= 4 is 29.0 Å². The largest absolute Gasteiger partial charge is 0.433 e.